The number of carbonyl (C=O) groups is 1. The Morgan fingerprint density at radius 2 is 2.00 bits per heavy atom. The second kappa shape index (κ2) is 7.57. The summed E-state index contributed by atoms with van der Waals surface area (Å²) in [4.78, 5) is 29.4. The number of aromatic nitrogens is 2. The van der Waals surface area contributed by atoms with Crippen LogP contribution in [-0.2, 0) is 6.54 Å². The van der Waals surface area contributed by atoms with Gasteiger partial charge in [-0.3, -0.25) is 14.2 Å². The summed E-state index contributed by atoms with van der Waals surface area (Å²) < 4.78 is 14.5. The molecule has 3 rings (SSSR count). The normalized spacial score (nSPS) is 10.8. The summed E-state index contributed by atoms with van der Waals surface area (Å²) >= 11 is 3.23. The predicted octanol–water partition coefficient (Wildman–Crippen LogP) is 2.71. The zero-order valence-electron chi connectivity index (χ0n) is 13.2. The maximum Gasteiger partial charge on any atom is 0.265 e. The molecule has 0 spiro atoms. The van der Waals surface area contributed by atoms with Gasteiger partial charge in [0.25, 0.3) is 11.5 Å². The Hall–Kier alpha value is -2.54. The zero-order valence-corrected chi connectivity index (χ0v) is 14.8. The molecule has 5 nitrogen and oxygen atoms in total. The van der Waals surface area contributed by atoms with Gasteiger partial charge in [-0.25, -0.2) is 9.37 Å². The van der Waals surface area contributed by atoms with E-state index in [1.165, 1.54) is 16.7 Å². The van der Waals surface area contributed by atoms with Crippen molar-refractivity contribution in [3.63, 3.8) is 0 Å². The molecule has 128 valence electrons. The Morgan fingerprint density at radius 1 is 1.24 bits per heavy atom. The van der Waals surface area contributed by atoms with Crippen LogP contribution in [0, 0.1) is 5.82 Å². The van der Waals surface area contributed by atoms with Gasteiger partial charge in [-0.15, -0.1) is 0 Å². The number of amides is 1. The van der Waals surface area contributed by atoms with E-state index < -0.39 is 11.5 Å². The fourth-order valence-electron chi connectivity index (χ4n) is 2.54. The van der Waals surface area contributed by atoms with Gasteiger partial charge >= 0.3 is 0 Å². The molecule has 0 aliphatic heterocycles. The number of fused-ring (bicyclic) bond motifs is 1. The molecule has 0 aliphatic carbocycles. The fourth-order valence-corrected chi connectivity index (χ4v) is 2.74. The lowest BCUT2D eigenvalue weighted by atomic mass is 10.1. The number of pyridine rings is 2. The number of carbonyl (C=O) groups excluding carboxylic acids is 1. The third-order valence-electron chi connectivity index (χ3n) is 3.73. The predicted molar refractivity (Wildman–Crippen MR) is 97.6 cm³/mol. The number of nitrogens with zero attached hydrogens (tertiary/aromatic N) is 2. The molecule has 0 unspecified atom stereocenters. The van der Waals surface area contributed by atoms with Crippen molar-refractivity contribution >= 4 is 32.9 Å². The summed E-state index contributed by atoms with van der Waals surface area (Å²) in [7, 11) is 0. The van der Waals surface area contributed by atoms with Crippen LogP contribution in [-0.4, -0.2) is 27.3 Å². The van der Waals surface area contributed by atoms with Crippen molar-refractivity contribution in [3.05, 3.63) is 76.0 Å². The molecule has 3 aromatic rings. The Morgan fingerprint density at radius 3 is 2.72 bits per heavy atom. The van der Waals surface area contributed by atoms with Crippen LogP contribution in [0.4, 0.5) is 4.39 Å². The first-order valence-corrected chi connectivity index (χ1v) is 8.79. The average Bonchev–Trinajstić information content (AvgIpc) is 2.63. The molecule has 7 heteroatoms. The van der Waals surface area contributed by atoms with Crippen molar-refractivity contribution in [1.29, 1.82) is 0 Å². The number of benzene rings is 1. The Bertz CT molecular complexity index is 970. The summed E-state index contributed by atoms with van der Waals surface area (Å²) in [6.45, 7) is 0.619. The number of halogens is 2. The SMILES string of the molecule is O=C(NCCBr)c1cc2cccnc2n(Cc2ccc(F)cc2)c1=O. The molecule has 0 saturated carbocycles. The average molecular weight is 404 g/mol. The molecule has 2 heterocycles. The zero-order chi connectivity index (χ0) is 17.8. The highest BCUT2D eigenvalue weighted by molar-refractivity contribution is 9.09. The van der Waals surface area contributed by atoms with Crippen molar-refractivity contribution in [2.75, 3.05) is 11.9 Å². The van der Waals surface area contributed by atoms with E-state index in [4.69, 9.17) is 0 Å². The van der Waals surface area contributed by atoms with Gasteiger partial charge in [0.1, 0.15) is 17.0 Å². The van der Waals surface area contributed by atoms with Gasteiger partial charge in [0.05, 0.1) is 6.54 Å². The van der Waals surface area contributed by atoms with E-state index in [0.717, 1.165) is 5.56 Å². The van der Waals surface area contributed by atoms with Crippen LogP contribution in [0.3, 0.4) is 0 Å². The summed E-state index contributed by atoms with van der Waals surface area (Å²) in [6, 6.07) is 11.0. The summed E-state index contributed by atoms with van der Waals surface area (Å²) in [5.41, 5.74) is 0.855. The Balaban J connectivity index is 2.11. The van der Waals surface area contributed by atoms with E-state index in [1.807, 2.05) is 0 Å². The third-order valence-corrected chi connectivity index (χ3v) is 4.12. The first-order valence-electron chi connectivity index (χ1n) is 7.67. The van der Waals surface area contributed by atoms with Gasteiger partial charge in [-0.2, -0.15) is 0 Å². The second-order valence-corrected chi connectivity index (χ2v) is 6.23. The summed E-state index contributed by atoms with van der Waals surface area (Å²) in [5.74, 6) is -0.773. The minimum absolute atomic E-state index is 0.0589. The van der Waals surface area contributed by atoms with Gasteiger partial charge in [0, 0.05) is 23.5 Å². The van der Waals surface area contributed by atoms with E-state index in [1.54, 1.807) is 36.5 Å². The molecule has 1 amide bonds. The van der Waals surface area contributed by atoms with E-state index in [2.05, 4.69) is 26.2 Å². The maximum absolute atomic E-state index is 13.1. The van der Waals surface area contributed by atoms with Crippen LogP contribution in [0.1, 0.15) is 15.9 Å². The smallest absolute Gasteiger partial charge is 0.265 e. The standard InChI is InChI=1S/C18H15BrFN3O2/c19-7-9-22-17(24)15-10-13-2-1-8-21-16(13)23(18(15)25)11-12-3-5-14(20)6-4-12/h1-6,8,10H,7,9,11H2,(H,22,24). The lowest BCUT2D eigenvalue weighted by Crippen LogP contribution is -2.34. The van der Waals surface area contributed by atoms with Crippen LogP contribution in [0.2, 0.25) is 0 Å². The van der Waals surface area contributed by atoms with Crippen molar-refractivity contribution in [2.45, 2.75) is 6.54 Å². The van der Waals surface area contributed by atoms with Crippen molar-refractivity contribution < 1.29 is 9.18 Å². The summed E-state index contributed by atoms with van der Waals surface area (Å²) in [6.07, 6.45) is 1.59. The minimum atomic E-state index is -0.428. The summed E-state index contributed by atoms with van der Waals surface area (Å²) in [5, 5.41) is 3.97. The molecule has 1 N–H and O–H groups in total. The lowest BCUT2D eigenvalue weighted by molar-refractivity contribution is 0.0954. The monoisotopic (exact) mass is 403 g/mol. The highest BCUT2D eigenvalue weighted by atomic mass is 79.9. The van der Waals surface area contributed by atoms with Crippen LogP contribution in [0.25, 0.3) is 11.0 Å². The van der Waals surface area contributed by atoms with Crippen LogP contribution < -0.4 is 10.9 Å². The molecule has 0 atom stereocenters. The number of alkyl halides is 1. The van der Waals surface area contributed by atoms with Gasteiger partial charge in [-0.1, -0.05) is 28.1 Å². The van der Waals surface area contributed by atoms with E-state index in [-0.39, 0.29) is 17.9 Å². The van der Waals surface area contributed by atoms with Crippen LogP contribution in [0.5, 0.6) is 0 Å². The molecular formula is C18H15BrFN3O2. The quantitative estimate of drug-likeness (QED) is 0.666. The molecule has 0 saturated heterocycles. The highest BCUT2D eigenvalue weighted by Gasteiger charge is 2.16. The fraction of sp³-hybridized carbons (Fsp3) is 0.167. The first kappa shape index (κ1) is 17.3. The maximum atomic E-state index is 13.1. The van der Waals surface area contributed by atoms with Crippen LogP contribution >= 0.6 is 15.9 Å². The second-order valence-electron chi connectivity index (χ2n) is 5.44. The molecule has 0 fully saturated rings. The lowest BCUT2D eigenvalue weighted by Gasteiger charge is -2.12. The molecule has 0 radical (unpaired) electrons. The third kappa shape index (κ3) is 3.76. The number of rotatable bonds is 5. The van der Waals surface area contributed by atoms with Crippen molar-refractivity contribution in [3.8, 4) is 0 Å². The van der Waals surface area contributed by atoms with Gasteiger partial charge in [-0.05, 0) is 35.9 Å². The first-order chi connectivity index (χ1) is 12.1. The largest absolute Gasteiger partial charge is 0.351 e. The molecule has 1 aromatic carbocycles. The topological polar surface area (TPSA) is 64.0 Å². The number of nitrogens with one attached hydrogen (secondary N) is 1. The molecular weight excluding hydrogens is 389 g/mol. The molecule has 0 bridgehead atoms. The number of hydrogen-bond donors (Lipinski definition) is 1. The Labute approximate surface area is 151 Å². The molecule has 25 heavy (non-hydrogen) atoms. The number of hydrogen-bond acceptors (Lipinski definition) is 3. The van der Waals surface area contributed by atoms with Gasteiger partial charge in [0.15, 0.2) is 0 Å². The highest BCUT2D eigenvalue weighted by Crippen LogP contribution is 2.13. The Kier molecular flexibility index (Phi) is 5.23. The molecule has 0 aliphatic rings. The van der Waals surface area contributed by atoms with E-state index >= 15 is 0 Å². The molecule has 2 aromatic heterocycles. The van der Waals surface area contributed by atoms with Crippen LogP contribution in [0.15, 0.2) is 53.5 Å². The minimum Gasteiger partial charge on any atom is -0.351 e. The van der Waals surface area contributed by atoms with E-state index in [9.17, 15) is 14.0 Å². The van der Waals surface area contributed by atoms with Crippen molar-refractivity contribution in [2.24, 2.45) is 0 Å². The van der Waals surface area contributed by atoms with Gasteiger partial charge in [0.2, 0.25) is 0 Å². The van der Waals surface area contributed by atoms with E-state index in [0.29, 0.717) is 22.9 Å². The van der Waals surface area contributed by atoms with Gasteiger partial charge < -0.3 is 5.32 Å². The van der Waals surface area contributed by atoms with Crippen molar-refractivity contribution in [1.82, 2.24) is 14.9 Å².